The molecule has 0 spiro atoms. The number of anilines is 1. The Morgan fingerprint density at radius 3 is 2.31 bits per heavy atom. The molecule has 3 aromatic carbocycles. The van der Waals surface area contributed by atoms with Crippen LogP contribution in [0.2, 0.25) is 0 Å². The van der Waals surface area contributed by atoms with Crippen molar-refractivity contribution >= 4 is 23.4 Å². The number of rotatable bonds is 8. The summed E-state index contributed by atoms with van der Waals surface area (Å²) in [7, 11) is 0. The molecule has 0 radical (unpaired) electrons. The minimum Gasteiger partial charge on any atom is -0.483 e. The van der Waals surface area contributed by atoms with Crippen LogP contribution in [0.5, 0.6) is 5.75 Å². The lowest BCUT2D eigenvalue weighted by Crippen LogP contribution is -2.15. The van der Waals surface area contributed by atoms with Crippen LogP contribution in [0.15, 0.2) is 84.0 Å². The van der Waals surface area contributed by atoms with E-state index in [0.717, 1.165) is 29.6 Å². The second-order valence-electron chi connectivity index (χ2n) is 7.64. The zero-order valence-corrected chi connectivity index (χ0v) is 19.7. The van der Waals surface area contributed by atoms with E-state index in [9.17, 15) is 22.4 Å². The van der Waals surface area contributed by atoms with Gasteiger partial charge in [0.15, 0.2) is 17.1 Å². The van der Waals surface area contributed by atoms with E-state index in [4.69, 9.17) is 4.74 Å². The standard InChI is InChI=1S/C25H20F4N4O2S/c1-16(35-21-13-9-18(26)10-14-21)23-31-32-24(33(23)20-5-3-2-4-6-20)36-15-22(34)30-19-11-7-17(8-12-19)25(27,28)29/h2-14,16H,15H2,1H3,(H,30,34). The molecule has 4 aromatic rings. The second kappa shape index (κ2) is 10.8. The van der Waals surface area contributed by atoms with Crippen molar-refractivity contribution in [2.75, 3.05) is 11.1 Å². The maximum atomic E-state index is 13.2. The van der Waals surface area contributed by atoms with Gasteiger partial charge in [-0.2, -0.15) is 13.2 Å². The predicted octanol–water partition coefficient (Wildman–Crippen LogP) is 6.30. The van der Waals surface area contributed by atoms with E-state index < -0.39 is 23.8 Å². The largest absolute Gasteiger partial charge is 0.483 e. The number of halogens is 4. The van der Waals surface area contributed by atoms with Crippen LogP contribution >= 0.6 is 11.8 Å². The van der Waals surface area contributed by atoms with Crippen molar-refractivity contribution in [3.8, 4) is 11.4 Å². The topological polar surface area (TPSA) is 69.0 Å². The van der Waals surface area contributed by atoms with Gasteiger partial charge in [-0.05, 0) is 67.6 Å². The number of benzene rings is 3. The Hall–Kier alpha value is -3.86. The molecule has 1 amide bonds. The molecule has 36 heavy (non-hydrogen) atoms. The summed E-state index contributed by atoms with van der Waals surface area (Å²) in [4.78, 5) is 12.5. The summed E-state index contributed by atoms with van der Waals surface area (Å²) in [6.45, 7) is 1.78. The molecular formula is C25H20F4N4O2S. The Kier molecular flexibility index (Phi) is 7.58. The van der Waals surface area contributed by atoms with Crippen LogP contribution in [-0.4, -0.2) is 26.4 Å². The maximum absolute atomic E-state index is 13.2. The molecule has 0 bridgehead atoms. The first-order valence-corrected chi connectivity index (χ1v) is 11.7. The molecule has 0 fully saturated rings. The predicted molar refractivity (Wildman–Crippen MR) is 128 cm³/mol. The van der Waals surface area contributed by atoms with Crippen molar-refractivity contribution in [1.29, 1.82) is 0 Å². The summed E-state index contributed by atoms with van der Waals surface area (Å²) < 4.78 is 59.1. The number of amides is 1. The lowest BCUT2D eigenvalue weighted by molar-refractivity contribution is -0.137. The third-order valence-electron chi connectivity index (χ3n) is 4.99. The van der Waals surface area contributed by atoms with Crippen molar-refractivity contribution in [1.82, 2.24) is 14.8 Å². The van der Waals surface area contributed by atoms with Crippen molar-refractivity contribution in [2.45, 2.75) is 24.4 Å². The molecular weight excluding hydrogens is 496 g/mol. The van der Waals surface area contributed by atoms with Crippen LogP contribution in [0.4, 0.5) is 23.2 Å². The monoisotopic (exact) mass is 516 g/mol. The average molecular weight is 517 g/mol. The van der Waals surface area contributed by atoms with Gasteiger partial charge in [-0.3, -0.25) is 9.36 Å². The van der Waals surface area contributed by atoms with Gasteiger partial charge in [-0.15, -0.1) is 10.2 Å². The summed E-state index contributed by atoms with van der Waals surface area (Å²) in [5, 5.41) is 11.5. The number of alkyl halides is 3. The van der Waals surface area contributed by atoms with Crippen molar-refractivity contribution in [3.63, 3.8) is 0 Å². The molecule has 0 aliphatic rings. The van der Waals surface area contributed by atoms with Gasteiger partial charge >= 0.3 is 6.18 Å². The van der Waals surface area contributed by atoms with Crippen LogP contribution in [0.25, 0.3) is 5.69 Å². The molecule has 0 saturated heterocycles. The number of ether oxygens (including phenoxy) is 1. The summed E-state index contributed by atoms with van der Waals surface area (Å²) >= 11 is 1.12. The molecule has 6 nitrogen and oxygen atoms in total. The fourth-order valence-electron chi connectivity index (χ4n) is 3.30. The minimum absolute atomic E-state index is 0.0564. The molecule has 11 heteroatoms. The zero-order chi connectivity index (χ0) is 25.7. The molecule has 1 heterocycles. The van der Waals surface area contributed by atoms with Crippen LogP contribution < -0.4 is 10.1 Å². The quantitative estimate of drug-likeness (QED) is 0.220. The van der Waals surface area contributed by atoms with E-state index in [1.54, 1.807) is 11.5 Å². The number of carbonyl (C=O) groups is 1. The first kappa shape index (κ1) is 25.2. The molecule has 1 aromatic heterocycles. The Morgan fingerprint density at radius 1 is 1.00 bits per heavy atom. The van der Waals surface area contributed by atoms with Gasteiger partial charge in [-0.1, -0.05) is 30.0 Å². The average Bonchev–Trinajstić information content (AvgIpc) is 3.29. The first-order chi connectivity index (χ1) is 17.2. The number of hydrogen-bond acceptors (Lipinski definition) is 5. The van der Waals surface area contributed by atoms with E-state index >= 15 is 0 Å². The van der Waals surface area contributed by atoms with Crippen LogP contribution in [0.3, 0.4) is 0 Å². The molecule has 186 valence electrons. The van der Waals surface area contributed by atoms with E-state index in [0.29, 0.717) is 16.7 Å². The number of carbonyl (C=O) groups excluding carboxylic acids is 1. The number of hydrogen-bond donors (Lipinski definition) is 1. The molecule has 0 aliphatic heterocycles. The Bertz CT molecular complexity index is 1310. The van der Waals surface area contributed by atoms with Gasteiger partial charge < -0.3 is 10.1 Å². The maximum Gasteiger partial charge on any atom is 0.416 e. The van der Waals surface area contributed by atoms with E-state index in [1.165, 1.54) is 36.4 Å². The number of nitrogens with zero attached hydrogens (tertiary/aromatic N) is 3. The number of aromatic nitrogens is 3. The van der Waals surface area contributed by atoms with E-state index in [2.05, 4.69) is 15.5 Å². The van der Waals surface area contributed by atoms with Crippen LogP contribution in [-0.2, 0) is 11.0 Å². The lowest BCUT2D eigenvalue weighted by atomic mass is 10.2. The minimum atomic E-state index is -4.45. The summed E-state index contributed by atoms with van der Waals surface area (Å²) in [5.74, 6) is 0.0715. The highest BCUT2D eigenvalue weighted by Crippen LogP contribution is 2.30. The fraction of sp³-hybridized carbons (Fsp3) is 0.160. The molecule has 1 N–H and O–H groups in total. The van der Waals surface area contributed by atoms with Crippen molar-refractivity contribution in [3.05, 3.63) is 96.1 Å². The lowest BCUT2D eigenvalue weighted by Gasteiger charge is -2.16. The normalized spacial score (nSPS) is 12.2. The van der Waals surface area contributed by atoms with Crippen molar-refractivity contribution < 1.29 is 27.1 Å². The highest BCUT2D eigenvalue weighted by atomic mass is 32.2. The summed E-state index contributed by atoms with van der Waals surface area (Å²) in [5.41, 5.74) is 0.202. The van der Waals surface area contributed by atoms with Gasteiger partial charge in [0.25, 0.3) is 0 Å². The summed E-state index contributed by atoms with van der Waals surface area (Å²) in [6.07, 6.45) is -5.01. The van der Waals surface area contributed by atoms with Crippen LogP contribution in [0.1, 0.15) is 24.4 Å². The molecule has 1 unspecified atom stereocenters. The van der Waals surface area contributed by atoms with Gasteiger partial charge in [0, 0.05) is 11.4 Å². The fourth-order valence-corrected chi connectivity index (χ4v) is 4.06. The highest BCUT2D eigenvalue weighted by Gasteiger charge is 2.30. The number of para-hydroxylation sites is 1. The smallest absolute Gasteiger partial charge is 0.416 e. The Balaban J connectivity index is 1.49. The van der Waals surface area contributed by atoms with Gasteiger partial charge in [0.05, 0.1) is 11.3 Å². The highest BCUT2D eigenvalue weighted by molar-refractivity contribution is 7.99. The summed E-state index contributed by atoms with van der Waals surface area (Å²) in [6, 6.07) is 19.1. The van der Waals surface area contributed by atoms with Crippen molar-refractivity contribution in [2.24, 2.45) is 0 Å². The van der Waals surface area contributed by atoms with Crippen LogP contribution in [0, 0.1) is 5.82 Å². The Morgan fingerprint density at radius 2 is 1.67 bits per heavy atom. The zero-order valence-electron chi connectivity index (χ0n) is 18.9. The Labute approximate surface area is 208 Å². The molecule has 0 saturated carbocycles. The van der Waals surface area contributed by atoms with Gasteiger partial charge in [0.2, 0.25) is 5.91 Å². The number of nitrogens with one attached hydrogen (secondary N) is 1. The molecule has 0 aliphatic carbocycles. The van der Waals surface area contributed by atoms with Gasteiger partial charge in [0.1, 0.15) is 11.6 Å². The van der Waals surface area contributed by atoms with E-state index in [1.807, 2.05) is 30.3 Å². The number of thioether (sulfide) groups is 1. The second-order valence-corrected chi connectivity index (χ2v) is 8.58. The third kappa shape index (κ3) is 6.22. The third-order valence-corrected chi connectivity index (χ3v) is 5.92. The first-order valence-electron chi connectivity index (χ1n) is 10.7. The molecule has 4 rings (SSSR count). The SMILES string of the molecule is CC(Oc1ccc(F)cc1)c1nnc(SCC(=O)Nc2ccc(C(F)(F)F)cc2)n1-c1ccccc1. The molecule has 1 atom stereocenters. The van der Waals surface area contributed by atoms with E-state index in [-0.39, 0.29) is 17.3 Å². The van der Waals surface area contributed by atoms with Gasteiger partial charge in [-0.25, -0.2) is 4.39 Å².